The second-order valence-electron chi connectivity index (χ2n) is 6.24. The smallest absolute Gasteiger partial charge is 0.291 e. The van der Waals surface area contributed by atoms with Gasteiger partial charge in [-0.1, -0.05) is 12.1 Å². The zero-order valence-electron chi connectivity index (χ0n) is 15.3. The Morgan fingerprint density at radius 1 is 1.18 bits per heavy atom. The number of nitrogens with one attached hydrogen (secondary N) is 1. The highest BCUT2D eigenvalue weighted by atomic mass is 16.6. The summed E-state index contributed by atoms with van der Waals surface area (Å²) in [7, 11) is 0. The van der Waals surface area contributed by atoms with Crippen molar-refractivity contribution >= 4 is 17.3 Å². The van der Waals surface area contributed by atoms with Gasteiger partial charge in [0.05, 0.1) is 16.7 Å². The van der Waals surface area contributed by atoms with Crippen LogP contribution in [0.25, 0.3) is 0 Å². The molecule has 1 aromatic heterocycles. The fourth-order valence-electron chi connectivity index (χ4n) is 2.51. The minimum Gasteiger partial charge on any atom is -0.506 e. The van der Waals surface area contributed by atoms with Gasteiger partial charge in [-0.25, -0.2) is 0 Å². The average molecular weight is 382 g/mol. The zero-order valence-corrected chi connectivity index (χ0v) is 15.3. The number of aromatic hydroxyl groups is 1. The van der Waals surface area contributed by atoms with Crippen LogP contribution in [0.4, 0.5) is 11.4 Å². The van der Waals surface area contributed by atoms with E-state index in [4.69, 9.17) is 9.15 Å². The molecule has 1 amide bonds. The van der Waals surface area contributed by atoms with Crippen molar-refractivity contribution in [3.05, 3.63) is 81.3 Å². The Morgan fingerprint density at radius 2 is 1.96 bits per heavy atom. The van der Waals surface area contributed by atoms with Crippen molar-refractivity contribution in [3.63, 3.8) is 0 Å². The van der Waals surface area contributed by atoms with Crippen molar-refractivity contribution in [2.24, 2.45) is 0 Å². The molecule has 8 nitrogen and oxygen atoms in total. The van der Waals surface area contributed by atoms with Crippen LogP contribution in [0, 0.1) is 24.0 Å². The predicted octanol–water partition coefficient (Wildman–Crippen LogP) is 4.34. The molecule has 0 saturated carbocycles. The first kappa shape index (κ1) is 19.0. The average Bonchev–Trinajstić information content (AvgIpc) is 3.13. The monoisotopic (exact) mass is 382 g/mol. The number of phenols is 1. The summed E-state index contributed by atoms with van der Waals surface area (Å²) >= 11 is 0. The van der Waals surface area contributed by atoms with Gasteiger partial charge < -0.3 is 19.6 Å². The Hall–Kier alpha value is -3.81. The summed E-state index contributed by atoms with van der Waals surface area (Å²) in [6, 6.07) is 12.4. The number of hydrogen-bond donors (Lipinski definition) is 2. The van der Waals surface area contributed by atoms with Gasteiger partial charge in [-0.3, -0.25) is 14.9 Å². The lowest BCUT2D eigenvalue weighted by Gasteiger charge is -2.08. The van der Waals surface area contributed by atoms with Crippen LogP contribution >= 0.6 is 0 Å². The van der Waals surface area contributed by atoms with Crippen LogP contribution < -0.4 is 10.1 Å². The fraction of sp³-hybridized carbons (Fsp3) is 0.150. The predicted molar refractivity (Wildman–Crippen MR) is 102 cm³/mol. The van der Waals surface area contributed by atoms with Gasteiger partial charge in [0.25, 0.3) is 11.6 Å². The van der Waals surface area contributed by atoms with E-state index in [9.17, 15) is 20.0 Å². The maximum atomic E-state index is 12.3. The van der Waals surface area contributed by atoms with Gasteiger partial charge in [-0.2, -0.15) is 0 Å². The molecular formula is C20H18N2O6. The first-order chi connectivity index (χ1) is 13.3. The van der Waals surface area contributed by atoms with E-state index in [1.807, 2.05) is 32.0 Å². The highest BCUT2D eigenvalue weighted by Gasteiger charge is 2.16. The second-order valence-corrected chi connectivity index (χ2v) is 6.24. The number of benzene rings is 2. The molecule has 0 fully saturated rings. The SMILES string of the molecule is Cc1ccc(C)c(OCc2ccc(C(=O)Nc3ccc([N+](=O)[O-])cc3O)o2)c1. The number of aryl methyl sites for hydroxylation is 2. The van der Waals surface area contributed by atoms with Crippen molar-refractivity contribution in [2.75, 3.05) is 5.32 Å². The minimum absolute atomic E-state index is 0.0253. The van der Waals surface area contributed by atoms with Crippen LogP contribution in [0.3, 0.4) is 0 Å². The molecule has 2 aromatic carbocycles. The highest BCUT2D eigenvalue weighted by molar-refractivity contribution is 6.03. The molecule has 2 N–H and O–H groups in total. The molecule has 0 radical (unpaired) electrons. The Bertz CT molecular complexity index is 1040. The van der Waals surface area contributed by atoms with Gasteiger partial charge in [0.15, 0.2) is 5.76 Å². The van der Waals surface area contributed by atoms with E-state index in [2.05, 4.69) is 5.32 Å². The summed E-state index contributed by atoms with van der Waals surface area (Å²) in [6.45, 7) is 4.06. The highest BCUT2D eigenvalue weighted by Crippen LogP contribution is 2.28. The van der Waals surface area contributed by atoms with Gasteiger partial charge >= 0.3 is 0 Å². The number of nitrogens with zero attached hydrogens (tertiary/aromatic N) is 1. The molecule has 0 aliphatic carbocycles. The maximum Gasteiger partial charge on any atom is 0.291 e. The number of phenolic OH excluding ortho intramolecular Hbond substituents is 1. The molecule has 0 spiro atoms. The molecule has 3 rings (SSSR count). The van der Waals surface area contributed by atoms with Crippen LogP contribution in [0.1, 0.15) is 27.4 Å². The van der Waals surface area contributed by atoms with Crippen molar-refractivity contribution in [1.82, 2.24) is 0 Å². The lowest BCUT2D eigenvalue weighted by Crippen LogP contribution is -2.11. The summed E-state index contributed by atoms with van der Waals surface area (Å²) in [6.07, 6.45) is 0. The number of non-ortho nitro benzene ring substituents is 1. The van der Waals surface area contributed by atoms with E-state index < -0.39 is 16.6 Å². The van der Waals surface area contributed by atoms with Gasteiger partial charge in [-0.15, -0.1) is 0 Å². The van der Waals surface area contributed by atoms with Gasteiger partial charge in [-0.05, 0) is 49.2 Å². The normalized spacial score (nSPS) is 10.5. The Morgan fingerprint density at radius 3 is 2.68 bits per heavy atom. The molecule has 1 heterocycles. The molecule has 0 saturated heterocycles. The van der Waals surface area contributed by atoms with E-state index in [0.717, 1.165) is 22.9 Å². The van der Waals surface area contributed by atoms with Crippen LogP contribution in [-0.2, 0) is 6.61 Å². The molecular weight excluding hydrogens is 364 g/mol. The van der Waals surface area contributed by atoms with Gasteiger partial charge in [0, 0.05) is 6.07 Å². The Labute approximate surface area is 160 Å². The number of rotatable bonds is 6. The number of nitro groups is 1. The molecule has 0 bridgehead atoms. The first-order valence-electron chi connectivity index (χ1n) is 8.41. The lowest BCUT2D eigenvalue weighted by atomic mass is 10.1. The number of carbonyl (C=O) groups is 1. The van der Waals surface area contributed by atoms with Gasteiger partial charge in [0.2, 0.25) is 0 Å². The van der Waals surface area contributed by atoms with Crippen molar-refractivity contribution < 1.29 is 24.0 Å². The molecule has 3 aromatic rings. The van der Waals surface area contributed by atoms with Crippen LogP contribution in [0.2, 0.25) is 0 Å². The summed E-state index contributed by atoms with van der Waals surface area (Å²) in [5, 5.41) is 23.0. The third-order valence-electron chi connectivity index (χ3n) is 4.04. The maximum absolute atomic E-state index is 12.3. The Kier molecular flexibility index (Phi) is 5.30. The summed E-state index contributed by atoms with van der Waals surface area (Å²) < 4.78 is 11.2. The van der Waals surface area contributed by atoms with E-state index in [1.54, 1.807) is 6.07 Å². The second kappa shape index (κ2) is 7.83. The van der Waals surface area contributed by atoms with Gasteiger partial charge in [0.1, 0.15) is 23.9 Å². The minimum atomic E-state index is -0.639. The summed E-state index contributed by atoms with van der Waals surface area (Å²) in [5.41, 5.74) is 1.83. The summed E-state index contributed by atoms with van der Waals surface area (Å²) in [4.78, 5) is 22.3. The third kappa shape index (κ3) is 4.29. The quantitative estimate of drug-likeness (QED) is 0.372. The number of hydrogen-bond acceptors (Lipinski definition) is 6. The van der Waals surface area contributed by atoms with E-state index in [0.29, 0.717) is 5.76 Å². The Balaban J connectivity index is 1.65. The lowest BCUT2D eigenvalue weighted by molar-refractivity contribution is -0.384. The zero-order chi connectivity index (χ0) is 20.3. The third-order valence-corrected chi connectivity index (χ3v) is 4.04. The molecule has 8 heteroatoms. The molecule has 28 heavy (non-hydrogen) atoms. The van der Waals surface area contributed by atoms with Crippen LogP contribution in [0.5, 0.6) is 11.5 Å². The molecule has 144 valence electrons. The number of anilines is 1. The van der Waals surface area contributed by atoms with Crippen molar-refractivity contribution in [3.8, 4) is 11.5 Å². The molecule has 0 aliphatic rings. The molecule has 0 atom stereocenters. The van der Waals surface area contributed by atoms with E-state index in [-0.39, 0.29) is 23.7 Å². The number of furan rings is 1. The topological polar surface area (TPSA) is 115 Å². The number of ether oxygens (including phenoxy) is 1. The largest absolute Gasteiger partial charge is 0.506 e. The number of carbonyl (C=O) groups excluding carboxylic acids is 1. The van der Waals surface area contributed by atoms with Crippen molar-refractivity contribution in [2.45, 2.75) is 20.5 Å². The van der Waals surface area contributed by atoms with E-state index in [1.165, 1.54) is 18.2 Å². The van der Waals surface area contributed by atoms with Crippen LogP contribution in [0.15, 0.2) is 52.9 Å². The number of amides is 1. The van der Waals surface area contributed by atoms with E-state index >= 15 is 0 Å². The first-order valence-corrected chi connectivity index (χ1v) is 8.41. The standard InChI is InChI=1S/C20H18N2O6/c1-12-3-4-13(2)19(9-12)27-11-15-6-8-18(28-15)20(24)21-16-7-5-14(22(25)26)10-17(16)23/h3-10,23H,11H2,1-2H3,(H,21,24). The fourth-order valence-corrected chi connectivity index (χ4v) is 2.51. The molecule has 0 aliphatic heterocycles. The summed E-state index contributed by atoms with van der Waals surface area (Å²) in [5.74, 6) is 0.212. The molecule has 0 unspecified atom stereocenters. The van der Waals surface area contributed by atoms with Crippen molar-refractivity contribution in [1.29, 1.82) is 0 Å². The van der Waals surface area contributed by atoms with Crippen LogP contribution in [-0.4, -0.2) is 15.9 Å². The number of nitro benzene ring substituents is 1.